The second kappa shape index (κ2) is 6.78. The summed E-state index contributed by atoms with van der Waals surface area (Å²) in [5, 5.41) is 0. The summed E-state index contributed by atoms with van der Waals surface area (Å²) in [6, 6.07) is 11.8. The molecule has 0 aliphatic carbocycles. The van der Waals surface area contributed by atoms with E-state index in [1.165, 1.54) is 12.7 Å². The van der Waals surface area contributed by atoms with E-state index < -0.39 is 0 Å². The molecule has 0 aliphatic rings. The number of hydrogen-bond acceptors (Lipinski definition) is 3. The second-order valence-electron chi connectivity index (χ2n) is 4.23. The van der Waals surface area contributed by atoms with E-state index in [-0.39, 0.29) is 5.97 Å². The van der Waals surface area contributed by atoms with Crippen molar-refractivity contribution >= 4 is 49.6 Å². The van der Waals surface area contributed by atoms with E-state index in [0.717, 1.165) is 18.7 Å². The Balaban J connectivity index is 2.33. The van der Waals surface area contributed by atoms with E-state index in [9.17, 15) is 4.79 Å². The maximum Gasteiger partial charge on any atom is 0.337 e. The number of hydrogen-bond donors (Lipinski definition) is 0. The van der Waals surface area contributed by atoms with Crippen LogP contribution in [0.4, 0.5) is 0 Å². The third kappa shape index (κ3) is 4.11. The van der Waals surface area contributed by atoms with E-state index in [2.05, 4.69) is 57.0 Å². The topological polar surface area (TPSA) is 26.3 Å². The molecule has 0 amide bonds. The Kier molecular flexibility index (Phi) is 5.29. The Hall–Kier alpha value is -0.780. The van der Waals surface area contributed by atoms with E-state index in [1.807, 2.05) is 12.1 Å². The molecule has 0 aliphatic heterocycles. The number of carbonyl (C=O) groups is 1. The molecule has 5 heteroatoms. The maximum absolute atomic E-state index is 11.6. The van der Waals surface area contributed by atoms with Crippen LogP contribution in [0.3, 0.4) is 0 Å². The molecule has 20 heavy (non-hydrogen) atoms. The van der Waals surface area contributed by atoms with E-state index in [1.54, 1.807) is 17.8 Å². The monoisotopic (exact) mass is 414 g/mol. The lowest BCUT2D eigenvalue weighted by atomic mass is 10.2. The van der Waals surface area contributed by atoms with Gasteiger partial charge in [0.15, 0.2) is 0 Å². The van der Waals surface area contributed by atoms with Crippen molar-refractivity contribution in [2.24, 2.45) is 0 Å². The molecule has 0 fully saturated rings. The van der Waals surface area contributed by atoms with Gasteiger partial charge in [0.2, 0.25) is 0 Å². The molecular weight excluding hydrogens is 404 g/mol. The molecule has 0 spiro atoms. The van der Waals surface area contributed by atoms with Crippen molar-refractivity contribution in [3.63, 3.8) is 0 Å². The smallest absolute Gasteiger partial charge is 0.337 e. The van der Waals surface area contributed by atoms with Crippen molar-refractivity contribution in [1.29, 1.82) is 0 Å². The number of esters is 1. The summed E-state index contributed by atoms with van der Waals surface area (Å²) in [5.74, 6) is -0.335. The van der Waals surface area contributed by atoms with Crippen LogP contribution < -0.4 is 0 Å². The molecule has 0 bridgehead atoms. The van der Waals surface area contributed by atoms with Gasteiger partial charge in [0.1, 0.15) is 0 Å². The molecule has 0 atom stereocenters. The minimum Gasteiger partial charge on any atom is -0.465 e. The van der Waals surface area contributed by atoms with Crippen LogP contribution in [0.1, 0.15) is 15.9 Å². The lowest BCUT2D eigenvalue weighted by Crippen LogP contribution is -2.01. The van der Waals surface area contributed by atoms with Gasteiger partial charge in [-0.2, -0.15) is 0 Å². The lowest BCUT2D eigenvalue weighted by Gasteiger charge is -2.07. The number of halogens is 2. The molecule has 0 saturated carbocycles. The first-order valence-corrected chi connectivity index (χ1v) is 8.22. The largest absolute Gasteiger partial charge is 0.465 e. The SMILES string of the molecule is COC(=O)c1cc(Br)cc(Sc2cc(C)cc(Br)c2)c1. The van der Waals surface area contributed by atoms with Crippen molar-refractivity contribution in [2.45, 2.75) is 16.7 Å². The van der Waals surface area contributed by atoms with Gasteiger partial charge in [0.05, 0.1) is 12.7 Å². The van der Waals surface area contributed by atoms with E-state index in [0.29, 0.717) is 5.56 Å². The highest BCUT2D eigenvalue weighted by molar-refractivity contribution is 9.10. The highest BCUT2D eigenvalue weighted by Gasteiger charge is 2.09. The molecule has 2 aromatic carbocycles. The summed E-state index contributed by atoms with van der Waals surface area (Å²) in [7, 11) is 1.38. The van der Waals surface area contributed by atoms with Crippen LogP contribution in [0.5, 0.6) is 0 Å². The van der Waals surface area contributed by atoms with Gasteiger partial charge in [-0.05, 0) is 48.9 Å². The lowest BCUT2D eigenvalue weighted by molar-refractivity contribution is 0.0600. The van der Waals surface area contributed by atoms with Crippen LogP contribution in [-0.2, 0) is 4.74 Å². The zero-order chi connectivity index (χ0) is 14.7. The van der Waals surface area contributed by atoms with Crippen LogP contribution in [0.25, 0.3) is 0 Å². The number of methoxy groups -OCH3 is 1. The number of aryl methyl sites for hydroxylation is 1. The Morgan fingerprint density at radius 2 is 1.60 bits per heavy atom. The minimum absolute atomic E-state index is 0.335. The van der Waals surface area contributed by atoms with Crippen LogP contribution >= 0.6 is 43.6 Å². The summed E-state index contributed by atoms with van der Waals surface area (Å²) in [6.45, 7) is 2.05. The molecule has 2 rings (SSSR count). The molecule has 0 saturated heterocycles. The van der Waals surface area contributed by atoms with Crippen LogP contribution in [0.15, 0.2) is 55.1 Å². The highest BCUT2D eigenvalue weighted by atomic mass is 79.9. The number of carbonyl (C=O) groups excluding carboxylic acids is 1. The quantitative estimate of drug-likeness (QED) is 0.622. The van der Waals surface area contributed by atoms with Gasteiger partial charge in [-0.15, -0.1) is 0 Å². The van der Waals surface area contributed by atoms with Crippen molar-refractivity contribution < 1.29 is 9.53 Å². The van der Waals surface area contributed by atoms with Crippen LogP contribution in [0.2, 0.25) is 0 Å². The molecule has 0 unspecified atom stereocenters. The average Bonchev–Trinajstić information content (AvgIpc) is 2.35. The van der Waals surface area contributed by atoms with Crippen LogP contribution in [-0.4, -0.2) is 13.1 Å². The van der Waals surface area contributed by atoms with E-state index >= 15 is 0 Å². The van der Waals surface area contributed by atoms with Gasteiger partial charge in [0.25, 0.3) is 0 Å². The number of benzene rings is 2. The predicted molar refractivity (Wildman–Crippen MR) is 88.5 cm³/mol. The third-order valence-electron chi connectivity index (χ3n) is 2.54. The third-order valence-corrected chi connectivity index (χ3v) is 4.40. The van der Waals surface area contributed by atoms with Crippen molar-refractivity contribution in [3.05, 3.63) is 56.5 Å². The molecule has 0 radical (unpaired) electrons. The molecule has 0 heterocycles. The molecule has 0 aromatic heterocycles. The second-order valence-corrected chi connectivity index (χ2v) is 7.21. The van der Waals surface area contributed by atoms with Crippen molar-refractivity contribution in [1.82, 2.24) is 0 Å². The summed E-state index contributed by atoms with van der Waals surface area (Å²) >= 11 is 8.52. The van der Waals surface area contributed by atoms with Crippen molar-refractivity contribution in [2.75, 3.05) is 7.11 Å². The Morgan fingerprint density at radius 1 is 1.00 bits per heavy atom. The van der Waals surface area contributed by atoms with Crippen molar-refractivity contribution in [3.8, 4) is 0 Å². The van der Waals surface area contributed by atoms with Gasteiger partial charge < -0.3 is 4.74 Å². The zero-order valence-corrected chi connectivity index (χ0v) is 14.9. The highest BCUT2D eigenvalue weighted by Crippen LogP contribution is 2.33. The fourth-order valence-corrected chi connectivity index (χ4v) is 4.23. The first-order chi connectivity index (χ1) is 9.47. The molecule has 2 nitrogen and oxygen atoms in total. The maximum atomic E-state index is 11.6. The zero-order valence-electron chi connectivity index (χ0n) is 10.9. The predicted octanol–water partition coefficient (Wildman–Crippen LogP) is 5.46. The Bertz CT molecular complexity index is 636. The summed E-state index contributed by atoms with van der Waals surface area (Å²) < 4.78 is 6.66. The number of rotatable bonds is 3. The van der Waals surface area contributed by atoms with Gasteiger partial charge in [-0.25, -0.2) is 4.79 Å². The van der Waals surface area contributed by atoms with Gasteiger partial charge in [-0.3, -0.25) is 0 Å². The van der Waals surface area contributed by atoms with Gasteiger partial charge >= 0.3 is 5.97 Å². The first kappa shape index (κ1) is 15.6. The Labute approximate surface area is 139 Å². The van der Waals surface area contributed by atoms with Gasteiger partial charge in [0, 0.05) is 18.7 Å². The van der Waals surface area contributed by atoms with Crippen LogP contribution in [0, 0.1) is 6.92 Å². The first-order valence-electron chi connectivity index (χ1n) is 5.82. The summed E-state index contributed by atoms with van der Waals surface area (Å²) in [4.78, 5) is 13.7. The average molecular weight is 416 g/mol. The Morgan fingerprint density at radius 3 is 2.20 bits per heavy atom. The molecule has 0 N–H and O–H groups in total. The van der Waals surface area contributed by atoms with Gasteiger partial charge in [-0.1, -0.05) is 43.6 Å². The minimum atomic E-state index is -0.335. The number of ether oxygens (including phenoxy) is 1. The summed E-state index contributed by atoms with van der Waals surface area (Å²) in [5.41, 5.74) is 1.72. The fraction of sp³-hybridized carbons (Fsp3) is 0.133. The standard InChI is InChI=1S/C15H12Br2O2S/c1-9-3-11(16)7-13(4-9)20-14-6-10(15(18)19-2)5-12(17)8-14/h3-8H,1-2H3. The van der Waals surface area contributed by atoms with E-state index in [4.69, 9.17) is 4.74 Å². The molecule has 2 aromatic rings. The molecule has 104 valence electrons. The molecular formula is C15H12Br2O2S. The fourth-order valence-electron chi connectivity index (χ4n) is 1.76. The normalized spacial score (nSPS) is 10.4. The summed E-state index contributed by atoms with van der Waals surface area (Å²) in [6.07, 6.45) is 0.